The van der Waals surface area contributed by atoms with Crippen molar-refractivity contribution in [2.75, 3.05) is 19.7 Å². The number of benzene rings is 1. The number of piperidine rings is 1. The molecule has 1 saturated heterocycles. The van der Waals surface area contributed by atoms with E-state index in [1.807, 2.05) is 12.1 Å². The zero-order chi connectivity index (χ0) is 14.6. The molecular formula is C14H20BrNO3S. The zero-order valence-corrected chi connectivity index (χ0v) is 13.7. The van der Waals surface area contributed by atoms with Crippen LogP contribution in [0.4, 0.5) is 0 Å². The van der Waals surface area contributed by atoms with Gasteiger partial charge in [-0.1, -0.05) is 28.1 Å². The van der Waals surface area contributed by atoms with E-state index in [4.69, 9.17) is 5.11 Å². The summed E-state index contributed by atoms with van der Waals surface area (Å²) < 4.78 is 26.7. The standard InChI is InChI=1S/C14H20BrNO3S/c15-10-12-3-5-14(6-4-12)20(18,19)16-8-1-2-13(11-16)7-9-17/h3-6,13,17H,1-2,7-11H2. The molecule has 1 atom stereocenters. The highest BCUT2D eigenvalue weighted by Gasteiger charge is 2.29. The van der Waals surface area contributed by atoms with E-state index in [2.05, 4.69) is 15.9 Å². The topological polar surface area (TPSA) is 57.6 Å². The molecule has 0 bridgehead atoms. The van der Waals surface area contributed by atoms with Gasteiger partial charge in [-0.2, -0.15) is 4.31 Å². The van der Waals surface area contributed by atoms with E-state index in [0.717, 1.165) is 23.7 Å². The summed E-state index contributed by atoms with van der Waals surface area (Å²) in [6, 6.07) is 7.00. The lowest BCUT2D eigenvalue weighted by atomic mass is 9.97. The Morgan fingerprint density at radius 3 is 2.60 bits per heavy atom. The molecule has 1 N–H and O–H groups in total. The molecule has 0 radical (unpaired) electrons. The van der Waals surface area contributed by atoms with E-state index in [1.54, 1.807) is 16.4 Å². The highest BCUT2D eigenvalue weighted by Crippen LogP contribution is 2.25. The molecule has 4 nitrogen and oxygen atoms in total. The number of nitrogens with zero attached hydrogens (tertiary/aromatic N) is 1. The highest BCUT2D eigenvalue weighted by molar-refractivity contribution is 9.08. The smallest absolute Gasteiger partial charge is 0.243 e. The van der Waals surface area contributed by atoms with Gasteiger partial charge in [-0.05, 0) is 42.9 Å². The minimum absolute atomic E-state index is 0.124. The quantitative estimate of drug-likeness (QED) is 0.819. The summed E-state index contributed by atoms with van der Waals surface area (Å²) in [6.07, 6.45) is 2.53. The first-order chi connectivity index (χ1) is 9.57. The maximum Gasteiger partial charge on any atom is 0.243 e. The fourth-order valence-electron chi connectivity index (χ4n) is 2.56. The fraction of sp³-hybridized carbons (Fsp3) is 0.571. The van der Waals surface area contributed by atoms with Crippen LogP contribution in [-0.2, 0) is 15.4 Å². The Kier molecular flexibility index (Phi) is 5.60. The van der Waals surface area contributed by atoms with Crippen LogP contribution in [0, 0.1) is 5.92 Å². The van der Waals surface area contributed by atoms with Gasteiger partial charge >= 0.3 is 0 Å². The van der Waals surface area contributed by atoms with Crippen LogP contribution < -0.4 is 0 Å². The molecule has 1 aliphatic rings. The number of rotatable bonds is 5. The van der Waals surface area contributed by atoms with Gasteiger partial charge in [0.2, 0.25) is 10.0 Å². The maximum absolute atomic E-state index is 12.6. The van der Waals surface area contributed by atoms with E-state index < -0.39 is 10.0 Å². The van der Waals surface area contributed by atoms with Crippen molar-refractivity contribution < 1.29 is 13.5 Å². The van der Waals surface area contributed by atoms with Gasteiger partial charge in [-0.3, -0.25) is 0 Å². The number of hydrogen-bond donors (Lipinski definition) is 1. The van der Waals surface area contributed by atoms with Gasteiger partial charge in [0.05, 0.1) is 4.90 Å². The third-order valence-electron chi connectivity index (χ3n) is 3.73. The molecule has 112 valence electrons. The molecule has 0 aromatic heterocycles. The van der Waals surface area contributed by atoms with E-state index in [9.17, 15) is 8.42 Å². The molecule has 6 heteroatoms. The third-order valence-corrected chi connectivity index (χ3v) is 6.26. The van der Waals surface area contributed by atoms with Gasteiger partial charge in [0.1, 0.15) is 0 Å². The third kappa shape index (κ3) is 3.61. The van der Waals surface area contributed by atoms with Crippen molar-refractivity contribution in [2.45, 2.75) is 29.5 Å². The lowest BCUT2D eigenvalue weighted by molar-refractivity contribution is 0.203. The van der Waals surface area contributed by atoms with Crippen LogP contribution in [0.2, 0.25) is 0 Å². The molecule has 1 fully saturated rings. The van der Waals surface area contributed by atoms with Gasteiger partial charge < -0.3 is 5.11 Å². The summed E-state index contributed by atoms with van der Waals surface area (Å²) in [4.78, 5) is 0.354. The molecule has 0 amide bonds. The molecule has 0 aliphatic carbocycles. The van der Waals surface area contributed by atoms with Crippen LogP contribution >= 0.6 is 15.9 Å². The van der Waals surface area contributed by atoms with Crippen LogP contribution in [0.1, 0.15) is 24.8 Å². The normalized spacial score (nSPS) is 21.0. The van der Waals surface area contributed by atoms with Crippen LogP contribution in [-0.4, -0.2) is 37.5 Å². The Hall–Kier alpha value is -0.430. The number of aliphatic hydroxyl groups is 1. The monoisotopic (exact) mass is 361 g/mol. The minimum atomic E-state index is -3.40. The number of hydrogen-bond acceptors (Lipinski definition) is 3. The summed E-state index contributed by atoms with van der Waals surface area (Å²) in [5, 5.41) is 9.73. The summed E-state index contributed by atoms with van der Waals surface area (Å²) in [5.41, 5.74) is 1.06. The summed E-state index contributed by atoms with van der Waals surface area (Å²) in [5.74, 6) is 0.269. The predicted octanol–water partition coefficient (Wildman–Crippen LogP) is 2.36. The first-order valence-electron chi connectivity index (χ1n) is 6.84. The zero-order valence-electron chi connectivity index (χ0n) is 11.3. The summed E-state index contributed by atoms with van der Waals surface area (Å²) >= 11 is 3.35. The molecule has 1 aromatic carbocycles. The summed E-state index contributed by atoms with van der Waals surface area (Å²) in [6.45, 7) is 1.21. The van der Waals surface area contributed by atoms with E-state index >= 15 is 0 Å². The Labute approximate surface area is 129 Å². The van der Waals surface area contributed by atoms with E-state index in [0.29, 0.717) is 24.4 Å². The fourth-order valence-corrected chi connectivity index (χ4v) is 4.49. The van der Waals surface area contributed by atoms with Crippen LogP contribution in [0.5, 0.6) is 0 Å². The molecule has 1 heterocycles. The number of aliphatic hydroxyl groups excluding tert-OH is 1. The Morgan fingerprint density at radius 1 is 1.30 bits per heavy atom. The van der Waals surface area contributed by atoms with Crippen LogP contribution in [0.3, 0.4) is 0 Å². The highest BCUT2D eigenvalue weighted by atomic mass is 79.9. The molecule has 0 spiro atoms. The van der Waals surface area contributed by atoms with E-state index in [-0.39, 0.29) is 12.5 Å². The molecule has 1 aliphatic heterocycles. The lowest BCUT2D eigenvalue weighted by Gasteiger charge is -2.31. The molecule has 20 heavy (non-hydrogen) atoms. The summed E-state index contributed by atoms with van der Waals surface area (Å²) in [7, 11) is -3.40. The van der Waals surface area contributed by atoms with Crippen molar-refractivity contribution in [3.8, 4) is 0 Å². The molecule has 2 rings (SSSR count). The van der Waals surface area contributed by atoms with Crippen molar-refractivity contribution in [1.82, 2.24) is 4.31 Å². The second-order valence-corrected chi connectivity index (χ2v) is 7.66. The van der Waals surface area contributed by atoms with Gasteiger partial charge in [0.25, 0.3) is 0 Å². The van der Waals surface area contributed by atoms with Crippen molar-refractivity contribution in [3.05, 3.63) is 29.8 Å². The maximum atomic E-state index is 12.6. The Morgan fingerprint density at radius 2 is 2.00 bits per heavy atom. The minimum Gasteiger partial charge on any atom is -0.396 e. The average molecular weight is 362 g/mol. The Bertz CT molecular complexity index is 528. The van der Waals surface area contributed by atoms with Crippen molar-refractivity contribution in [1.29, 1.82) is 0 Å². The molecule has 1 unspecified atom stereocenters. The number of halogens is 1. The van der Waals surface area contributed by atoms with Gasteiger partial charge in [0.15, 0.2) is 0 Å². The first kappa shape index (κ1) is 15.9. The molecular weight excluding hydrogens is 342 g/mol. The molecule has 0 saturated carbocycles. The second-order valence-electron chi connectivity index (χ2n) is 5.16. The first-order valence-corrected chi connectivity index (χ1v) is 9.40. The lowest BCUT2D eigenvalue weighted by Crippen LogP contribution is -2.40. The van der Waals surface area contributed by atoms with Gasteiger partial charge in [0, 0.05) is 25.0 Å². The van der Waals surface area contributed by atoms with Gasteiger partial charge in [-0.25, -0.2) is 8.42 Å². The van der Waals surface area contributed by atoms with Crippen molar-refractivity contribution >= 4 is 26.0 Å². The van der Waals surface area contributed by atoms with Crippen molar-refractivity contribution in [3.63, 3.8) is 0 Å². The van der Waals surface area contributed by atoms with Crippen molar-refractivity contribution in [2.24, 2.45) is 5.92 Å². The number of sulfonamides is 1. The van der Waals surface area contributed by atoms with Gasteiger partial charge in [-0.15, -0.1) is 0 Å². The average Bonchev–Trinajstić information content (AvgIpc) is 2.48. The second kappa shape index (κ2) is 7.02. The SMILES string of the molecule is O=S(=O)(c1ccc(CBr)cc1)N1CCCC(CCO)C1. The van der Waals surface area contributed by atoms with Crippen LogP contribution in [0.15, 0.2) is 29.2 Å². The molecule has 1 aromatic rings. The Balaban J connectivity index is 2.16. The predicted molar refractivity (Wildman–Crippen MR) is 82.3 cm³/mol. The van der Waals surface area contributed by atoms with E-state index in [1.165, 1.54) is 0 Å². The van der Waals surface area contributed by atoms with Crippen LogP contribution in [0.25, 0.3) is 0 Å². The number of alkyl halides is 1. The largest absolute Gasteiger partial charge is 0.396 e.